The minimum Gasteiger partial charge on any atom is -0.545 e. The standard InChI is InChI=1S/C12H8FNO4/c1-6-4-10(15)14(11(6)16)7-2-3-8(12(17)18)9(13)5-7/h2-5H,1H3,(H,17,18)/p-1. The summed E-state index contributed by atoms with van der Waals surface area (Å²) in [7, 11) is 0. The molecule has 0 fully saturated rings. The number of carboxylic acids is 1. The first-order valence-electron chi connectivity index (χ1n) is 4.99. The van der Waals surface area contributed by atoms with Gasteiger partial charge in [-0.2, -0.15) is 0 Å². The van der Waals surface area contributed by atoms with Crippen LogP contribution >= 0.6 is 0 Å². The van der Waals surface area contributed by atoms with Crippen LogP contribution in [0.3, 0.4) is 0 Å². The smallest absolute Gasteiger partial charge is 0.261 e. The molecule has 2 amide bonds. The van der Waals surface area contributed by atoms with Crippen molar-refractivity contribution in [2.75, 3.05) is 4.90 Å². The van der Waals surface area contributed by atoms with Crippen LogP contribution in [0.1, 0.15) is 17.3 Å². The van der Waals surface area contributed by atoms with E-state index in [-0.39, 0.29) is 11.3 Å². The molecular weight excluding hydrogens is 241 g/mol. The maximum absolute atomic E-state index is 13.4. The third-order valence-corrected chi connectivity index (χ3v) is 2.53. The third kappa shape index (κ3) is 1.77. The molecule has 5 nitrogen and oxygen atoms in total. The molecule has 0 spiro atoms. The van der Waals surface area contributed by atoms with Crippen molar-refractivity contribution >= 4 is 23.5 Å². The molecule has 0 aromatic heterocycles. The van der Waals surface area contributed by atoms with E-state index >= 15 is 0 Å². The van der Waals surface area contributed by atoms with E-state index in [9.17, 15) is 23.9 Å². The number of nitrogens with zero attached hydrogens (tertiary/aromatic N) is 1. The maximum atomic E-state index is 13.4. The van der Waals surface area contributed by atoms with Crippen LogP contribution in [0, 0.1) is 5.82 Å². The fraction of sp³-hybridized carbons (Fsp3) is 0.0833. The second-order valence-electron chi connectivity index (χ2n) is 3.76. The number of benzene rings is 1. The van der Waals surface area contributed by atoms with Gasteiger partial charge in [-0.05, 0) is 25.1 Å². The normalized spacial score (nSPS) is 15.0. The van der Waals surface area contributed by atoms with Crippen molar-refractivity contribution in [2.24, 2.45) is 0 Å². The Morgan fingerprint density at radius 3 is 2.44 bits per heavy atom. The van der Waals surface area contributed by atoms with E-state index in [1.807, 2.05) is 0 Å². The molecule has 0 N–H and O–H groups in total. The summed E-state index contributed by atoms with van der Waals surface area (Å²) in [5.41, 5.74) is -0.396. The van der Waals surface area contributed by atoms with Gasteiger partial charge in [0.05, 0.1) is 11.7 Å². The van der Waals surface area contributed by atoms with Crippen LogP contribution < -0.4 is 10.0 Å². The summed E-state index contributed by atoms with van der Waals surface area (Å²) < 4.78 is 13.4. The lowest BCUT2D eigenvalue weighted by Crippen LogP contribution is -2.31. The summed E-state index contributed by atoms with van der Waals surface area (Å²) in [6, 6.07) is 2.94. The second kappa shape index (κ2) is 4.06. The van der Waals surface area contributed by atoms with Crippen molar-refractivity contribution < 1.29 is 23.9 Å². The SMILES string of the molecule is CC1=CC(=O)N(c2ccc(C(=O)[O-])c(F)c2)C1=O. The molecule has 6 heteroatoms. The summed E-state index contributed by atoms with van der Waals surface area (Å²) in [4.78, 5) is 34.4. The minimum atomic E-state index is -1.66. The van der Waals surface area contributed by atoms with E-state index in [1.165, 1.54) is 13.0 Å². The van der Waals surface area contributed by atoms with Gasteiger partial charge in [0.2, 0.25) is 0 Å². The van der Waals surface area contributed by atoms with Crippen molar-refractivity contribution in [1.29, 1.82) is 0 Å². The molecule has 0 radical (unpaired) electrons. The van der Waals surface area contributed by atoms with E-state index in [2.05, 4.69) is 0 Å². The molecule has 1 aliphatic rings. The lowest BCUT2D eigenvalue weighted by molar-refractivity contribution is -0.255. The number of halogens is 1. The fourth-order valence-electron chi connectivity index (χ4n) is 1.64. The van der Waals surface area contributed by atoms with Gasteiger partial charge < -0.3 is 9.90 Å². The number of rotatable bonds is 2. The van der Waals surface area contributed by atoms with Crippen LogP contribution in [0.25, 0.3) is 0 Å². The van der Waals surface area contributed by atoms with Crippen LogP contribution in [0.2, 0.25) is 0 Å². The van der Waals surface area contributed by atoms with Crippen molar-refractivity contribution in [2.45, 2.75) is 6.92 Å². The van der Waals surface area contributed by atoms with Crippen LogP contribution in [0.5, 0.6) is 0 Å². The predicted octanol–water partition coefficient (Wildman–Crippen LogP) is 0.00870. The van der Waals surface area contributed by atoms with Crippen LogP contribution in [0.15, 0.2) is 29.8 Å². The Bertz CT molecular complexity index is 606. The van der Waals surface area contributed by atoms with Crippen molar-refractivity contribution in [1.82, 2.24) is 0 Å². The summed E-state index contributed by atoms with van der Waals surface area (Å²) in [5.74, 6) is -3.86. The van der Waals surface area contributed by atoms with Gasteiger partial charge in [0.1, 0.15) is 5.82 Å². The lowest BCUT2D eigenvalue weighted by atomic mass is 10.2. The van der Waals surface area contributed by atoms with Crippen molar-refractivity contribution in [3.8, 4) is 0 Å². The Morgan fingerprint density at radius 1 is 1.33 bits per heavy atom. The zero-order valence-corrected chi connectivity index (χ0v) is 9.27. The van der Waals surface area contributed by atoms with E-state index in [4.69, 9.17) is 0 Å². The van der Waals surface area contributed by atoms with Crippen LogP contribution in [-0.4, -0.2) is 17.8 Å². The Balaban J connectivity index is 2.43. The third-order valence-electron chi connectivity index (χ3n) is 2.53. The lowest BCUT2D eigenvalue weighted by Gasteiger charge is -2.15. The molecule has 1 aromatic carbocycles. The number of hydrogen-bond donors (Lipinski definition) is 0. The number of imide groups is 1. The molecule has 0 bridgehead atoms. The van der Waals surface area contributed by atoms with Crippen LogP contribution in [0.4, 0.5) is 10.1 Å². The number of aromatic carboxylic acids is 1. The van der Waals surface area contributed by atoms with Crippen molar-refractivity contribution in [3.63, 3.8) is 0 Å². The summed E-state index contributed by atoms with van der Waals surface area (Å²) in [5, 5.41) is 10.5. The molecule has 2 rings (SSSR count). The molecule has 0 saturated heterocycles. The highest BCUT2D eigenvalue weighted by molar-refractivity contribution is 6.30. The first kappa shape index (κ1) is 12.0. The van der Waals surface area contributed by atoms with E-state index in [1.54, 1.807) is 0 Å². The van der Waals surface area contributed by atoms with E-state index in [0.29, 0.717) is 0 Å². The Morgan fingerprint density at radius 2 is 2.00 bits per heavy atom. The van der Waals surface area contributed by atoms with Gasteiger partial charge in [-0.15, -0.1) is 0 Å². The minimum absolute atomic E-state index is 0.0133. The van der Waals surface area contributed by atoms with Crippen molar-refractivity contribution in [3.05, 3.63) is 41.2 Å². The van der Waals surface area contributed by atoms with E-state index < -0.39 is 29.2 Å². The number of carboxylic acid groups (broad SMARTS) is 1. The summed E-state index contributed by atoms with van der Waals surface area (Å²) in [6.07, 6.45) is 1.13. The fourth-order valence-corrected chi connectivity index (χ4v) is 1.64. The van der Waals surface area contributed by atoms with Gasteiger partial charge in [0.25, 0.3) is 11.8 Å². The Hall–Kier alpha value is -2.50. The molecule has 92 valence electrons. The monoisotopic (exact) mass is 248 g/mol. The number of amides is 2. The van der Waals surface area contributed by atoms with Gasteiger partial charge in [0.15, 0.2) is 0 Å². The van der Waals surface area contributed by atoms with E-state index in [0.717, 1.165) is 23.1 Å². The highest BCUT2D eigenvalue weighted by Crippen LogP contribution is 2.24. The molecule has 0 atom stereocenters. The number of hydrogen-bond acceptors (Lipinski definition) is 4. The molecule has 1 heterocycles. The highest BCUT2D eigenvalue weighted by atomic mass is 19.1. The number of carbonyl (C=O) groups excluding carboxylic acids is 3. The molecule has 0 unspecified atom stereocenters. The summed E-state index contributed by atoms with van der Waals surface area (Å²) >= 11 is 0. The number of carbonyl (C=O) groups is 3. The Kier molecular flexibility index (Phi) is 2.70. The second-order valence-corrected chi connectivity index (χ2v) is 3.76. The molecule has 1 aromatic rings. The number of anilines is 1. The maximum Gasteiger partial charge on any atom is 0.261 e. The zero-order valence-electron chi connectivity index (χ0n) is 9.27. The highest BCUT2D eigenvalue weighted by Gasteiger charge is 2.30. The first-order chi connectivity index (χ1) is 8.41. The van der Waals surface area contributed by atoms with Gasteiger partial charge in [-0.25, -0.2) is 9.29 Å². The van der Waals surface area contributed by atoms with Gasteiger partial charge >= 0.3 is 0 Å². The average molecular weight is 248 g/mol. The Labute approximate surface area is 101 Å². The molecule has 1 aliphatic heterocycles. The average Bonchev–Trinajstić information content (AvgIpc) is 2.52. The van der Waals surface area contributed by atoms with Gasteiger partial charge in [-0.3, -0.25) is 9.59 Å². The quantitative estimate of drug-likeness (QED) is 0.690. The zero-order chi connectivity index (χ0) is 13.4. The van der Waals surface area contributed by atoms with Crippen LogP contribution in [-0.2, 0) is 9.59 Å². The molecule has 0 aliphatic carbocycles. The van der Waals surface area contributed by atoms with Gasteiger partial charge in [0, 0.05) is 17.2 Å². The molecule has 0 saturated carbocycles. The topological polar surface area (TPSA) is 77.5 Å². The largest absolute Gasteiger partial charge is 0.545 e. The summed E-state index contributed by atoms with van der Waals surface area (Å²) in [6.45, 7) is 1.46. The van der Waals surface area contributed by atoms with Gasteiger partial charge in [-0.1, -0.05) is 0 Å². The first-order valence-corrected chi connectivity index (χ1v) is 4.99. The molecular formula is C12H7FNO4-. The molecule has 18 heavy (non-hydrogen) atoms. The predicted molar refractivity (Wildman–Crippen MR) is 57.0 cm³/mol.